The molecule has 1 amide bonds. The SMILES string of the molecule is Cc1ccncc1CNC(C)(CNC(=O)OC(C)(C)C)CC(C)C. The number of carbonyl (C=O) groups is 1. The molecule has 5 nitrogen and oxygen atoms in total. The zero-order chi connectivity index (χ0) is 18.4. The molecule has 1 atom stereocenters. The van der Waals surface area contributed by atoms with Crippen LogP contribution in [0.2, 0.25) is 0 Å². The second-order valence-electron chi connectivity index (χ2n) is 8.17. The van der Waals surface area contributed by atoms with Crippen LogP contribution in [0.5, 0.6) is 0 Å². The van der Waals surface area contributed by atoms with Crippen LogP contribution in [0.25, 0.3) is 0 Å². The minimum Gasteiger partial charge on any atom is -0.444 e. The quantitative estimate of drug-likeness (QED) is 0.795. The molecule has 2 N–H and O–H groups in total. The summed E-state index contributed by atoms with van der Waals surface area (Å²) in [5.41, 5.74) is 1.68. The van der Waals surface area contributed by atoms with Crippen molar-refractivity contribution in [3.05, 3.63) is 29.6 Å². The van der Waals surface area contributed by atoms with E-state index in [4.69, 9.17) is 4.74 Å². The van der Waals surface area contributed by atoms with Crippen LogP contribution in [0.1, 0.15) is 59.1 Å². The van der Waals surface area contributed by atoms with E-state index in [1.165, 1.54) is 11.1 Å². The molecule has 5 heteroatoms. The summed E-state index contributed by atoms with van der Waals surface area (Å²) in [4.78, 5) is 16.1. The predicted octanol–water partition coefficient (Wildman–Crippen LogP) is 3.81. The van der Waals surface area contributed by atoms with Gasteiger partial charge in [-0.1, -0.05) is 13.8 Å². The predicted molar refractivity (Wildman–Crippen MR) is 97.9 cm³/mol. The molecule has 1 aromatic rings. The normalized spacial score (nSPS) is 14.3. The molecule has 0 bridgehead atoms. The minimum absolute atomic E-state index is 0.215. The fraction of sp³-hybridized carbons (Fsp3) is 0.684. The summed E-state index contributed by atoms with van der Waals surface area (Å²) in [5, 5.41) is 6.49. The maximum Gasteiger partial charge on any atom is 0.407 e. The number of nitrogens with one attached hydrogen (secondary N) is 2. The van der Waals surface area contributed by atoms with Crippen molar-refractivity contribution in [3.8, 4) is 0 Å². The Hall–Kier alpha value is -1.62. The van der Waals surface area contributed by atoms with Gasteiger partial charge in [0, 0.05) is 31.0 Å². The first-order chi connectivity index (χ1) is 11.0. The summed E-state index contributed by atoms with van der Waals surface area (Å²) in [7, 11) is 0. The van der Waals surface area contributed by atoms with Gasteiger partial charge in [-0.05, 0) is 64.2 Å². The van der Waals surface area contributed by atoms with Crippen LogP contribution in [0.15, 0.2) is 18.5 Å². The maximum atomic E-state index is 11.9. The highest BCUT2D eigenvalue weighted by molar-refractivity contribution is 5.67. The van der Waals surface area contributed by atoms with E-state index in [9.17, 15) is 4.79 Å². The molecule has 0 saturated carbocycles. The van der Waals surface area contributed by atoms with Crippen LogP contribution in [0, 0.1) is 12.8 Å². The molecule has 1 unspecified atom stereocenters. The topological polar surface area (TPSA) is 63.2 Å². The van der Waals surface area contributed by atoms with Gasteiger partial charge in [-0.3, -0.25) is 4.98 Å². The van der Waals surface area contributed by atoms with E-state index < -0.39 is 5.60 Å². The lowest BCUT2D eigenvalue weighted by atomic mass is 9.90. The van der Waals surface area contributed by atoms with Crippen LogP contribution in [0.4, 0.5) is 4.79 Å². The van der Waals surface area contributed by atoms with E-state index in [0.29, 0.717) is 12.5 Å². The monoisotopic (exact) mass is 335 g/mol. The average molecular weight is 335 g/mol. The van der Waals surface area contributed by atoms with E-state index >= 15 is 0 Å². The van der Waals surface area contributed by atoms with E-state index in [1.807, 2.05) is 33.0 Å². The first-order valence-corrected chi connectivity index (χ1v) is 8.62. The van der Waals surface area contributed by atoms with Gasteiger partial charge in [0.1, 0.15) is 5.60 Å². The van der Waals surface area contributed by atoms with Crippen LogP contribution in [-0.4, -0.2) is 28.8 Å². The molecule has 0 aliphatic carbocycles. The van der Waals surface area contributed by atoms with Gasteiger partial charge in [0.15, 0.2) is 0 Å². The molecule has 0 aliphatic heterocycles. The third kappa shape index (κ3) is 7.77. The summed E-state index contributed by atoms with van der Waals surface area (Å²) >= 11 is 0. The number of pyridine rings is 1. The molecular formula is C19H33N3O2. The third-order valence-electron chi connectivity index (χ3n) is 3.73. The van der Waals surface area contributed by atoms with E-state index in [2.05, 4.69) is 43.3 Å². The Morgan fingerprint density at radius 2 is 1.96 bits per heavy atom. The summed E-state index contributed by atoms with van der Waals surface area (Å²) < 4.78 is 5.33. The lowest BCUT2D eigenvalue weighted by Gasteiger charge is -2.33. The molecule has 0 aromatic carbocycles. The van der Waals surface area contributed by atoms with Crippen LogP contribution >= 0.6 is 0 Å². The van der Waals surface area contributed by atoms with Gasteiger partial charge in [-0.25, -0.2) is 4.79 Å². The molecule has 0 fully saturated rings. The number of amides is 1. The van der Waals surface area contributed by atoms with Gasteiger partial charge in [0.2, 0.25) is 0 Å². The molecule has 24 heavy (non-hydrogen) atoms. The second kappa shape index (κ2) is 8.47. The molecule has 0 radical (unpaired) electrons. The fourth-order valence-corrected chi connectivity index (χ4v) is 2.68. The van der Waals surface area contributed by atoms with Crippen molar-refractivity contribution >= 4 is 6.09 Å². The Morgan fingerprint density at radius 3 is 2.50 bits per heavy atom. The smallest absolute Gasteiger partial charge is 0.407 e. The van der Waals surface area contributed by atoms with Gasteiger partial charge < -0.3 is 15.4 Å². The lowest BCUT2D eigenvalue weighted by molar-refractivity contribution is 0.0507. The van der Waals surface area contributed by atoms with Crippen molar-refractivity contribution < 1.29 is 9.53 Å². The van der Waals surface area contributed by atoms with Crippen LogP contribution in [-0.2, 0) is 11.3 Å². The van der Waals surface area contributed by atoms with Gasteiger partial charge >= 0.3 is 6.09 Å². The number of rotatable bonds is 7. The van der Waals surface area contributed by atoms with Crippen molar-refractivity contribution in [1.29, 1.82) is 0 Å². The number of aromatic nitrogens is 1. The number of hydrogen-bond donors (Lipinski definition) is 2. The molecule has 0 aliphatic rings. The van der Waals surface area contributed by atoms with E-state index in [0.717, 1.165) is 13.0 Å². The Bertz CT molecular complexity index is 538. The summed E-state index contributed by atoms with van der Waals surface area (Å²) in [5.74, 6) is 0.512. The highest BCUT2D eigenvalue weighted by atomic mass is 16.6. The van der Waals surface area contributed by atoms with Crippen LogP contribution in [0.3, 0.4) is 0 Å². The largest absolute Gasteiger partial charge is 0.444 e. The van der Waals surface area contributed by atoms with Gasteiger partial charge in [0.05, 0.1) is 0 Å². The van der Waals surface area contributed by atoms with Gasteiger partial charge in [0.25, 0.3) is 0 Å². The minimum atomic E-state index is -0.487. The van der Waals surface area contributed by atoms with Crippen molar-refractivity contribution in [2.75, 3.05) is 6.54 Å². The molecule has 0 saturated heterocycles. The second-order valence-corrected chi connectivity index (χ2v) is 8.17. The van der Waals surface area contributed by atoms with Crippen molar-refractivity contribution in [2.45, 2.75) is 72.6 Å². The fourth-order valence-electron chi connectivity index (χ4n) is 2.68. The molecule has 1 rings (SSSR count). The summed E-state index contributed by atoms with van der Waals surface area (Å²) in [6, 6.07) is 2.01. The van der Waals surface area contributed by atoms with Crippen molar-refractivity contribution in [1.82, 2.24) is 15.6 Å². The van der Waals surface area contributed by atoms with Crippen molar-refractivity contribution in [2.24, 2.45) is 5.92 Å². The van der Waals surface area contributed by atoms with Crippen molar-refractivity contribution in [3.63, 3.8) is 0 Å². The zero-order valence-electron chi connectivity index (χ0n) is 16.2. The number of aryl methyl sites for hydroxylation is 1. The van der Waals surface area contributed by atoms with Gasteiger partial charge in [-0.2, -0.15) is 0 Å². The highest BCUT2D eigenvalue weighted by Gasteiger charge is 2.27. The standard InChI is InChI=1S/C19H33N3O2/c1-14(2)10-19(7,13-21-17(23)24-18(4,5)6)22-12-16-11-20-9-8-15(16)3/h8-9,11,14,22H,10,12-13H2,1-7H3,(H,21,23). The first-order valence-electron chi connectivity index (χ1n) is 8.62. The average Bonchev–Trinajstić information content (AvgIpc) is 2.42. The number of carbonyl (C=O) groups excluding carboxylic acids is 1. The third-order valence-corrected chi connectivity index (χ3v) is 3.73. The molecule has 1 heterocycles. The Labute approximate surface area is 146 Å². The maximum absolute atomic E-state index is 11.9. The zero-order valence-corrected chi connectivity index (χ0v) is 16.2. The Morgan fingerprint density at radius 1 is 1.29 bits per heavy atom. The Kier molecular flexibility index (Phi) is 7.21. The van der Waals surface area contributed by atoms with E-state index in [-0.39, 0.29) is 11.6 Å². The Balaban J connectivity index is 2.68. The molecular weight excluding hydrogens is 302 g/mol. The van der Waals surface area contributed by atoms with Crippen LogP contribution < -0.4 is 10.6 Å². The summed E-state index contributed by atoms with van der Waals surface area (Å²) in [6.07, 6.45) is 4.26. The number of nitrogens with zero attached hydrogens (tertiary/aromatic N) is 1. The number of ether oxygens (including phenoxy) is 1. The van der Waals surface area contributed by atoms with E-state index in [1.54, 1.807) is 6.20 Å². The molecule has 0 spiro atoms. The lowest BCUT2D eigenvalue weighted by Crippen LogP contribution is -2.52. The molecule has 136 valence electrons. The highest BCUT2D eigenvalue weighted by Crippen LogP contribution is 2.18. The molecule has 1 aromatic heterocycles. The number of alkyl carbamates (subject to hydrolysis) is 1. The number of hydrogen-bond acceptors (Lipinski definition) is 4. The van der Waals surface area contributed by atoms with Gasteiger partial charge in [-0.15, -0.1) is 0 Å². The first kappa shape index (κ1) is 20.4. The summed E-state index contributed by atoms with van der Waals surface area (Å²) in [6.45, 7) is 15.4.